The van der Waals surface area contributed by atoms with Gasteiger partial charge in [0.25, 0.3) is 0 Å². The first kappa shape index (κ1) is 20.2. The minimum absolute atomic E-state index is 0.319. The predicted molar refractivity (Wildman–Crippen MR) is 97.9 cm³/mol. The van der Waals surface area contributed by atoms with Crippen molar-refractivity contribution < 1.29 is 15.1 Å². The Morgan fingerprint density at radius 1 is 0.875 bits per heavy atom. The molecule has 4 nitrogen and oxygen atoms in total. The second kappa shape index (κ2) is 12.6. The summed E-state index contributed by atoms with van der Waals surface area (Å²) in [4.78, 5) is 10.9. The van der Waals surface area contributed by atoms with E-state index in [1.807, 2.05) is 12.1 Å². The number of hydrogen-bond acceptors (Lipinski definition) is 3. The van der Waals surface area contributed by atoms with Crippen molar-refractivity contribution >= 4 is 11.7 Å². The van der Waals surface area contributed by atoms with Crippen LogP contribution < -0.4 is 0 Å². The van der Waals surface area contributed by atoms with Crippen LogP contribution in [0.4, 0.5) is 0 Å². The number of nitrogens with zero attached hydrogens (tertiary/aromatic N) is 1. The molecular weight excluding hydrogens is 302 g/mol. The molecule has 0 saturated carbocycles. The zero-order valence-corrected chi connectivity index (χ0v) is 14.8. The lowest BCUT2D eigenvalue weighted by atomic mass is 10.0. The smallest absolute Gasteiger partial charge is 0.358 e. The molecular formula is C20H31NO3. The van der Waals surface area contributed by atoms with Crippen LogP contribution in [0.1, 0.15) is 82.3 Å². The number of carboxylic acid groups (broad SMARTS) is 1. The number of hydrogen-bond donors (Lipinski definition) is 2. The Morgan fingerprint density at radius 2 is 1.38 bits per heavy atom. The standard InChI is InChI=1S/C20H31NO3/c1-2-3-4-5-6-7-8-9-10-11-12-17-13-15-18(16-14-17)19(21-24)20(22)23/h13-16,24H,2-12H2,1H3,(H,22,23)/b21-19-. The Morgan fingerprint density at radius 3 is 1.83 bits per heavy atom. The molecule has 0 heterocycles. The van der Waals surface area contributed by atoms with Gasteiger partial charge < -0.3 is 10.3 Å². The molecule has 134 valence electrons. The van der Waals surface area contributed by atoms with Crippen molar-refractivity contribution in [1.29, 1.82) is 0 Å². The molecule has 0 aromatic heterocycles. The van der Waals surface area contributed by atoms with Crippen LogP contribution in [0.15, 0.2) is 29.4 Å². The van der Waals surface area contributed by atoms with Crippen LogP contribution >= 0.6 is 0 Å². The van der Waals surface area contributed by atoms with E-state index in [-0.39, 0.29) is 5.71 Å². The van der Waals surface area contributed by atoms with Crippen molar-refractivity contribution in [3.63, 3.8) is 0 Å². The maximum absolute atomic E-state index is 10.9. The highest BCUT2D eigenvalue weighted by molar-refractivity contribution is 6.42. The molecule has 0 spiro atoms. The lowest BCUT2D eigenvalue weighted by molar-refractivity contribution is -0.129. The molecule has 0 amide bonds. The zero-order valence-electron chi connectivity index (χ0n) is 14.8. The fraction of sp³-hybridized carbons (Fsp3) is 0.600. The number of oxime groups is 1. The van der Waals surface area contributed by atoms with Crippen molar-refractivity contribution in [1.82, 2.24) is 0 Å². The van der Waals surface area contributed by atoms with E-state index in [2.05, 4.69) is 12.1 Å². The van der Waals surface area contributed by atoms with Crippen molar-refractivity contribution in [2.45, 2.75) is 77.6 Å². The van der Waals surface area contributed by atoms with Gasteiger partial charge in [0, 0.05) is 5.56 Å². The van der Waals surface area contributed by atoms with Crippen LogP contribution in [0.5, 0.6) is 0 Å². The normalized spacial score (nSPS) is 11.6. The molecule has 1 rings (SSSR count). The van der Waals surface area contributed by atoms with Crippen LogP contribution in [-0.2, 0) is 11.2 Å². The van der Waals surface area contributed by atoms with E-state index in [0.29, 0.717) is 5.56 Å². The van der Waals surface area contributed by atoms with E-state index in [1.165, 1.54) is 63.4 Å². The maximum atomic E-state index is 10.9. The molecule has 0 saturated heterocycles. The molecule has 1 aromatic carbocycles. The van der Waals surface area contributed by atoms with Crippen LogP contribution in [0.2, 0.25) is 0 Å². The van der Waals surface area contributed by atoms with E-state index in [4.69, 9.17) is 10.3 Å². The largest absolute Gasteiger partial charge is 0.476 e. The molecule has 24 heavy (non-hydrogen) atoms. The molecule has 0 aliphatic heterocycles. The summed E-state index contributed by atoms with van der Waals surface area (Å²) >= 11 is 0. The number of rotatable bonds is 13. The van der Waals surface area contributed by atoms with Gasteiger partial charge in [0.15, 0.2) is 5.71 Å². The molecule has 0 atom stereocenters. The van der Waals surface area contributed by atoms with E-state index in [1.54, 1.807) is 12.1 Å². The average molecular weight is 333 g/mol. The Kier molecular flexibility index (Phi) is 10.6. The summed E-state index contributed by atoms with van der Waals surface area (Å²) in [5.74, 6) is -1.22. The van der Waals surface area contributed by atoms with Crippen LogP contribution in [-0.4, -0.2) is 22.0 Å². The quantitative estimate of drug-likeness (QED) is 0.219. The average Bonchev–Trinajstić information content (AvgIpc) is 2.58. The molecule has 2 N–H and O–H groups in total. The molecule has 0 bridgehead atoms. The highest BCUT2D eigenvalue weighted by Gasteiger charge is 2.12. The Balaban J connectivity index is 2.14. The molecule has 0 unspecified atom stereocenters. The lowest BCUT2D eigenvalue weighted by Gasteiger charge is -2.04. The van der Waals surface area contributed by atoms with Crippen LogP contribution in [0.3, 0.4) is 0 Å². The zero-order chi connectivity index (χ0) is 17.6. The van der Waals surface area contributed by atoms with Gasteiger partial charge in [-0.05, 0) is 18.4 Å². The Hall–Kier alpha value is -1.84. The van der Waals surface area contributed by atoms with Crippen molar-refractivity contribution in [2.75, 3.05) is 0 Å². The minimum Gasteiger partial charge on any atom is -0.476 e. The molecule has 0 aliphatic carbocycles. The van der Waals surface area contributed by atoms with Gasteiger partial charge in [-0.1, -0.05) is 94.1 Å². The highest BCUT2D eigenvalue weighted by Crippen LogP contribution is 2.13. The monoisotopic (exact) mass is 333 g/mol. The van der Waals surface area contributed by atoms with Gasteiger partial charge in [0.1, 0.15) is 0 Å². The van der Waals surface area contributed by atoms with E-state index in [9.17, 15) is 4.79 Å². The summed E-state index contributed by atoms with van der Waals surface area (Å²) in [6.07, 6.45) is 14.2. The van der Waals surface area contributed by atoms with Crippen molar-refractivity contribution in [2.24, 2.45) is 5.16 Å². The molecule has 0 radical (unpaired) electrons. The number of aryl methyl sites for hydroxylation is 1. The minimum atomic E-state index is -1.22. The first-order valence-corrected chi connectivity index (χ1v) is 9.23. The summed E-state index contributed by atoms with van der Waals surface area (Å²) in [6, 6.07) is 7.23. The van der Waals surface area contributed by atoms with Gasteiger partial charge in [-0.2, -0.15) is 0 Å². The van der Waals surface area contributed by atoms with Gasteiger partial charge in [-0.25, -0.2) is 4.79 Å². The number of carboxylic acids is 1. The number of aliphatic carboxylic acids is 1. The predicted octanol–water partition coefficient (Wildman–Crippen LogP) is 5.41. The molecule has 4 heteroatoms. The van der Waals surface area contributed by atoms with E-state index >= 15 is 0 Å². The topological polar surface area (TPSA) is 69.9 Å². The van der Waals surface area contributed by atoms with Gasteiger partial charge in [-0.3, -0.25) is 0 Å². The number of unbranched alkanes of at least 4 members (excludes halogenated alkanes) is 9. The van der Waals surface area contributed by atoms with Gasteiger partial charge in [0.2, 0.25) is 0 Å². The molecule has 0 aliphatic rings. The lowest BCUT2D eigenvalue weighted by Crippen LogP contribution is -2.14. The SMILES string of the molecule is CCCCCCCCCCCCc1ccc(/C(=N/O)C(=O)O)cc1. The second-order valence-corrected chi connectivity index (χ2v) is 6.38. The third-order valence-corrected chi connectivity index (χ3v) is 4.35. The van der Waals surface area contributed by atoms with Crippen molar-refractivity contribution in [3.05, 3.63) is 35.4 Å². The van der Waals surface area contributed by atoms with Crippen LogP contribution in [0.25, 0.3) is 0 Å². The maximum Gasteiger partial charge on any atom is 0.358 e. The molecule has 1 aromatic rings. The highest BCUT2D eigenvalue weighted by atomic mass is 16.4. The van der Waals surface area contributed by atoms with E-state index < -0.39 is 5.97 Å². The van der Waals surface area contributed by atoms with Crippen molar-refractivity contribution in [3.8, 4) is 0 Å². The fourth-order valence-corrected chi connectivity index (χ4v) is 2.87. The third kappa shape index (κ3) is 8.14. The van der Waals surface area contributed by atoms with E-state index in [0.717, 1.165) is 12.8 Å². The summed E-state index contributed by atoms with van der Waals surface area (Å²) in [7, 11) is 0. The Labute approximate surface area is 145 Å². The number of carbonyl (C=O) groups is 1. The van der Waals surface area contributed by atoms with Gasteiger partial charge in [0.05, 0.1) is 0 Å². The summed E-state index contributed by atoms with van der Waals surface area (Å²) < 4.78 is 0. The van der Waals surface area contributed by atoms with Gasteiger partial charge in [-0.15, -0.1) is 0 Å². The fourth-order valence-electron chi connectivity index (χ4n) is 2.87. The third-order valence-electron chi connectivity index (χ3n) is 4.35. The first-order chi connectivity index (χ1) is 11.7. The summed E-state index contributed by atoms with van der Waals surface area (Å²) in [5, 5.41) is 20.5. The first-order valence-electron chi connectivity index (χ1n) is 9.23. The second-order valence-electron chi connectivity index (χ2n) is 6.38. The molecule has 0 fully saturated rings. The summed E-state index contributed by atoms with van der Waals surface area (Å²) in [6.45, 7) is 2.25. The van der Waals surface area contributed by atoms with Gasteiger partial charge >= 0.3 is 5.97 Å². The Bertz CT molecular complexity index is 494. The summed E-state index contributed by atoms with van der Waals surface area (Å²) in [5.41, 5.74) is 1.30. The number of benzene rings is 1. The van der Waals surface area contributed by atoms with Crippen LogP contribution in [0, 0.1) is 0 Å².